The number of methoxy groups -OCH3 is 1. The van der Waals surface area contributed by atoms with E-state index in [0.29, 0.717) is 17.2 Å². The molecule has 0 unspecified atom stereocenters. The number of aryl methyl sites for hydroxylation is 1. The minimum Gasteiger partial charge on any atom is -0.497 e. The van der Waals surface area contributed by atoms with Crippen LogP contribution in [0.5, 0.6) is 5.75 Å². The lowest BCUT2D eigenvalue weighted by atomic mass is 10.2. The van der Waals surface area contributed by atoms with Crippen molar-refractivity contribution in [3.8, 4) is 17.3 Å². The maximum Gasteiger partial charge on any atom is 0.291 e. The standard InChI is InChI=1S/C17H15NO4/c1-11-10-12(20-2)5-6-13(11)18-17(19)16-8-7-15(22-16)14-4-3-9-21-14/h3-10H,1-2H3,(H,18,19). The molecule has 0 aliphatic rings. The number of ether oxygens (including phenoxy) is 1. The molecule has 1 amide bonds. The number of furan rings is 2. The summed E-state index contributed by atoms with van der Waals surface area (Å²) < 4.78 is 15.9. The lowest BCUT2D eigenvalue weighted by Gasteiger charge is -2.08. The molecule has 1 aromatic carbocycles. The highest BCUT2D eigenvalue weighted by atomic mass is 16.5. The first-order valence-corrected chi connectivity index (χ1v) is 6.77. The molecule has 0 spiro atoms. The first kappa shape index (κ1) is 14.0. The van der Waals surface area contributed by atoms with Gasteiger partial charge in [-0.3, -0.25) is 4.79 Å². The Morgan fingerprint density at radius 2 is 2.00 bits per heavy atom. The van der Waals surface area contributed by atoms with Crippen LogP contribution in [0.4, 0.5) is 5.69 Å². The van der Waals surface area contributed by atoms with Crippen molar-refractivity contribution < 1.29 is 18.4 Å². The lowest BCUT2D eigenvalue weighted by Crippen LogP contribution is -2.11. The molecule has 0 radical (unpaired) electrons. The summed E-state index contributed by atoms with van der Waals surface area (Å²) in [5.41, 5.74) is 1.62. The number of anilines is 1. The van der Waals surface area contributed by atoms with E-state index in [-0.39, 0.29) is 11.7 Å². The van der Waals surface area contributed by atoms with Crippen molar-refractivity contribution in [3.05, 3.63) is 60.1 Å². The lowest BCUT2D eigenvalue weighted by molar-refractivity contribution is 0.0997. The van der Waals surface area contributed by atoms with Crippen LogP contribution in [0.3, 0.4) is 0 Å². The maximum atomic E-state index is 12.2. The molecule has 1 N–H and O–H groups in total. The topological polar surface area (TPSA) is 64.6 Å². The van der Waals surface area contributed by atoms with Gasteiger partial charge in [-0.05, 0) is 55.0 Å². The molecule has 0 fully saturated rings. The van der Waals surface area contributed by atoms with E-state index in [1.54, 1.807) is 49.8 Å². The van der Waals surface area contributed by atoms with Gasteiger partial charge in [-0.1, -0.05) is 0 Å². The van der Waals surface area contributed by atoms with Gasteiger partial charge in [-0.2, -0.15) is 0 Å². The van der Waals surface area contributed by atoms with Gasteiger partial charge in [-0.15, -0.1) is 0 Å². The molecule has 0 atom stereocenters. The van der Waals surface area contributed by atoms with Crippen LogP contribution in [0.2, 0.25) is 0 Å². The number of hydrogen-bond donors (Lipinski definition) is 1. The number of benzene rings is 1. The van der Waals surface area contributed by atoms with E-state index in [2.05, 4.69) is 5.32 Å². The predicted octanol–water partition coefficient (Wildman–Crippen LogP) is 4.11. The van der Waals surface area contributed by atoms with E-state index in [1.165, 1.54) is 0 Å². The number of carbonyl (C=O) groups is 1. The van der Waals surface area contributed by atoms with Crippen LogP contribution in [0.25, 0.3) is 11.5 Å². The smallest absolute Gasteiger partial charge is 0.291 e. The molecule has 5 heteroatoms. The van der Waals surface area contributed by atoms with Crippen molar-refractivity contribution in [1.82, 2.24) is 0 Å². The summed E-state index contributed by atoms with van der Waals surface area (Å²) in [5, 5.41) is 2.82. The summed E-state index contributed by atoms with van der Waals surface area (Å²) in [6.07, 6.45) is 1.55. The molecule has 112 valence electrons. The van der Waals surface area contributed by atoms with Crippen LogP contribution in [0.1, 0.15) is 16.1 Å². The van der Waals surface area contributed by atoms with Crippen LogP contribution < -0.4 is 10.1 Å². The van der Waals surface area contributed by atoms with Gasteiger partial charge >= 0.3 is 0 Å². The van der Waals surface area contributed by atoms with E-state index >= 15 is 0 Å². The average molecular weight is 297 g/mol. The summed E-state index contributed by atoms with van der Waals surface area (Å²) >= 11 is 0. The normalized spacial score (nSPS) is 10.5. The summed E-state index contributed by atoms with van der Waals surface area (Å²) in [4.78, 5) is 12.2. The highest BCUT2D eigenvalue weighted by Gasteiger charge is 2.14. The van der Waals surface area contributed by atoms with Gasteiger partial charge in [0.15, 0.2) is 17.3 Å². The molecule has 0 aliphatic heterocycles. The third kappa shape index (κ3) is 2.74. The molecule has 2 aromatic heterocycles. The number of hydrogen-bond acceptors (Lipinski definition) is 4. The van der Waals surface area contributed by atoms with Gasteiger partial charge in [-0.25, -0.2) is 0 Å². The first-order chi connectivity index (χ1) is 10.7. The van der Waals surface area contributed by atoms with Gasteiger partial charge in [0, 0.05) is 5.69 Å². The van der Waals surface area contributed by atoms with Crippen molar-refractivity contribution in [2.45, 2.75) is 6.92 Å². The van der Waals surface area contributed by atoms with Gasteiger partial charge in [0.05, 0.1) is 13.4 Å². The Kier molecular flexibility index (Phi) is 3.70. The maximum absolute atomic E-state index is 12.2. The Labute approximate surface area is 127 Å². The average Bonchev–Trinajstić information content (AvgIpc) is 3.19. The molecule has 5 nitrogen and oxygen atoms in total. The summed E-state index contributed by atoms with van der Waals surface area (Å²) in [6, 6.07) is 12.3. The zero-order valence-electron chi connectivity index (χ0n) is 12.3. The van der Waals surface area contributed by atoms with Crippen LogP contribution >= 0.6 is 0 Å². The summed E-state index contributed by atoms with van der Waals surface area (Å²) in [7, 11) is 1.60. The number of rotatable bonds is 4. The monoisotopic (exact) mass is 297 g/mol. The number of carbonyl (C=O) groups excluding carboxylic acids is 1. The molecule has 0 bridgehead atoms. The highest BCUT2D eigenvalue weighted by Crippen LogP contribution is 2.24. The van der Waals surface area contributed by atoms with E-state index in [9.17, 15) is 4.79 Å². The van der Waals surface area contributed by atoms with Crippen LogP contribution in [0, 0.1) is 6.92 Å². The Morgan fingerprint density at radius 3 is 2.68 bits per heavy atom. The van der Waals surface area contributed by atoms with E-state index in [0.717, 1.165) is 11.3 Å². The fourth-order valence-corrected chi connectivity index (χ4v) is 2.10. The molecule has 22 heavy (non-hydrogen) atoms. The molecular formula is C17H15NO4. The van der Waals surface area contributed by atoms with Crippen molar-refractivity contribution in [2.75, 3.05) is 12.4 Å². The van der Waals surface area contributed by atoms with Gasteiger partial charge in [0.25, 0.3) is 5.91 Å². The largest absolute Gasteiger partial charge is 0.497 e. The molecule has 0 saturated heterocycles. The van der Waals surface area contributed by atoms with Crippen LogP contribution in [-0.2, 0) is 0 Å². The van der Waals surface area contributed by atoms with E-state index < -0.39 is 0 Å². The van der Waals surface area contributed by atoms with Crippen molar-refractivity contribution in [1.29, 1.82) is 0 Å². The predicted molar refractivity (Wildman–Crippen MR) is 82.1 cm³/mol. The quantitative estimate of drug-likeness (QED) is 0.787. The molecule has 3 aromatic rings. The molecule has 2 heterocycles. The van der Waals surface area contributed by atoms with Crippen molar-refractivity contribution >= 4 is 11.6 Å². The Morgan fingerprint density at radius 1 is 1.14 bits per heavy atom. The van der Waals surface area contributed by atoms with Crippen LogP contribution in [-0.4, -0.2) is 13.0 Å². The fraction of sp³-hybridized carbons (Fsp3) is 0.118. The zero-order chi connectivity index (χ0) is 15.5. The highest BCUT2D eigenvalue weighted by molar-refractivity contribution is 6.03. The molecule has 3 rings (SSSR count). The third-order valence-corrected chi connectivity index (χ3v) is 3.28. The minimum atomic E-state index is -0.314. The second kappa shape index (κ2) is 5.81. The molecule has 0 saturated carbocycles. The molecule has 0 aliphatic carbocycles. The Hall–Kier alpha value is -2.95. The summed E-state index contributed by atoms with van der Waals surface area (Å²) in [6.45, 7) is 1.90. The minimum absolute atomic E-state index is 0.224. The van der Waals surface area contributed by atoms with E-state index in [4.69, 9.17) is 13.6 Å². The van der Waals surface area contributed by atoms with Crippen molar-refractivity contribution in [2.24, 2.45) is 0 Å². The van der Waals surface area contributed by atoms with Crippen molar-refractivity contribution in [3.63, 3.8) is 0 Å². The molecular weight excluding hydrogens is 282 g/mol. The third-order valence-electron chi connectivity index (χ3n) is 3.28. The number of nitrogens with one attached hydrogen (secondary N) is 1. The van der Waals surface area contributed by atoms with Crippen LogP contribution in [0.15, 0.2) is 57.6 Å². The Bertz CT molecular complexity index is 787. The zero-order valence-corrected chi connectivity index (χ0v) is 12.3. The number of amides is 1. The fourth-order valence-electron chi connectivity index (χ4n) is 2.10. The second-order valence-electron chi connectivity index (χ2n) is 4.78. The van der Waals surface area contributed by atoms with Gasteiger partial charge in [0.2, 0.25) is 0 Å². The second-order valence-corrected chi connectivity index (χ2v) is 4.78. The van der Waals surface area contributed by atoms with Gasteiger partial charge < -0.3 is 18.9 Å². The SMILES string of the molecule is COc1ccc(NC(=O)c2ccc(-c3ccco3)o2)c(C)c1. The van der Waals surface area contributed by atoms with E-state index in [1.807, 2.05) is 13.0 Å². The first-order valence-electron chi connectivity index (χ1n) is 6.77. The van der Waals surface area contributed by atoms with Gasteiger partial charge in [0.1, 0.15) is 5.75 Å². The summed E-state index contributed by atoms with van der Waals surface area (Å²) in [5.74, 6) is 1.75. The Balaban J connectivity index is 1.77.